The molecule has 0 aliphatic heterocycles. The maximum Gasteiger partial charge on any atom is 0.287 e. The van der Waals surface area contributed by atoms with Crippen LogP contribution in [0.1, 0.15) is 31.3 Å². The van der Waals surface area contributed by atoms with E-state index in [4.69, 9.17) is 11.6 Å². The van der Waals surface area contributed by atoms with E-state index in [1.807, 2.05) is 20.8 Å². The zero-order chi connectivity index (χ0) is 14.7. The lowest BCUT2D eigenvalue weighted by Gasteiger charge is -2.12. The third-order valence-corrected chi connectivity index (χ3v) is 3.09. The fourth-order valence-electron chi connectivity index (χ4n) is 1.63. The second kappa shape index (κ2) is 6.00. The number of nitrogens with zero attached hydrogens (tertiary/aromatic N) is 4. The molecule has 6 nitrogen and oxygen atoms in total. The molecule has 0 atom stereocenters. The molecule has 0 saturated carbocycles. The number of nitrogens with one attached hydrogen (secondary N) is 1. The molecule has 1 N–H and O–H groups in total. The Labute approximate surface area is 121 Å². The largest absolute Gasteiger partial charge is 0.377 e. The van der Waals surface area contributed by atoms with Crippen LogP contribution in [0.15, 0.2) is 23.4 Å². The Morgan fingerprint density at radius 3 is 2.65 bits per heavy atom. The van der Waals surface area contributed by atoms with E-state index in [0.717, 1.165) is 11.4 Å². The molecule has 0 radical (unpaired) electrons. The molecule has 0 spiro atoms. The van der Waals surface area contributed by atoms with Crippen molar-refractivity contribution in [2.45, 2.75) is 33.4 Å². The lowest BCUT2D eigenvalue weighted by Crippen LogP contribution is -2.25. The van der Waals surface area contributed by atoms with Crippen LogP contribution in [0.2, 0.25) is 5.02 Å². The van der Waals surface area contributed by atoms with Crippen LogP contribution in [-0.2, 0) is 6.54 Å². The smallest absolute Gasteiger partial charge is 0.287 e. The lowest BCUT2D eigenvalue weighted by atomic mass is 10.3. The van der Waals surface area contributed by atoms with E-state index < -0.39 is 0 Å². The summed E-state index contributed by atoms with van der Waals surface area (Å²) in [6.07, 6.45) is 4.91. The normalized spacial score (nSPS) is 10.8. The molecule has 2 heterocycles. The summed E-state index contributed by atoms with van der Waals surface area (Å²) < 4.78 is 1.35. The zero-order valence-electron chi connectivity index (χ0n) is 11.6. The van der Waals surface area contributed by atoms with Crippen LogP contribution >= 0.6 is 11.6 Å². The van der Waals surface area contributed by atoms with Crippen LogP contribution in [0.25, 0.3) is 0 Å². The fourth-order valence-corrected chi connectivity index (χ4v) is 1.83. The van der Waals surface area contributed by atoms with Crippen molar-refractivity contribution in [3.05, 3.63) is 45.4 Å². The van der Waals surface area contributed by atoms with Gasteiger partial charge in [-0.15, -0.1) is 0 Å². The summed E-state index contributed by atoms with van der Waals surface area (Å²) >= 11 is 6.06. The Bertz CT molecular complexity index is 651. The first-order chi connectivity index (χ1) is 9.49. The third-order valence-electron chi connectivity index (χ3n) is 2.73. The van der Waals surface area contributed by atoms with Gasteiger partial charge in [-0.2, -0.15) is 5.10 Å². The van der Waals surface area contributed by atoms with Crippen LogP contribution in [0.4, 0.5) is 5.69 Å². The number of rotatable bonds is 4. The number of anilines is 1. The molecule has 0 unspecified atom stereocenters. The second-order valence-electron chi connectivity index (χ2n) is 4.72. The summed E-state index contributed by atoms with van der Waals surface area (Å²) in [6, 6.07) is -0.0305. The van der Waals surface area contributed by atoms with Gasteiger partial charge in [-0.25, -0.2) is 4.68 Å². The van der Waals surface area contributed by atoms with Crippen LogP contribution in [0.5, 0.6) is 0 Å². The van der Waals surface area contributed by atoms with E-state index in [1.165, 1.54) is 4.68 Å². The van der Waals surface area contributed by atoms with Gasteiger partial charge in [0.2, 0.25) is 0 Å². The first kappa shape index (κ1) is 14.5. The van der Waals surface area contributed by atoms with E-state index in [0.29, 0.717) is 12.2 Å². The van der Waals surface area contributed by atoms with Gasteiger partial charge in [0.1, 0.15) is 5.02 Å². The molecule has 2 rings (SSSR count). The molecular weight excluding hydrogens is 278 g/mol. The summed E-state index contributed by atoms with van der Waals surface area (Å²) in [7, 11) is 0. The number of hydrogen-bond acceptors (Lipinski definition) is 5. The fraction of sp³-hybridized carbons (Fsp3) is 0.385. The highest BCUT2D eigenvalue weighted by molar-refractivity contribution is 6.32. The molecule has 7 heteroatoms. The molecule has 0 saturated heterocycles. The highest BCUT2D eigenvalue weighted by atomic mass is 35.5. The number of aromatic nitrogens is 4. The summed E-state index contributed by atoms with van der Waals surface area (Å²) in [5, 5.41) is 7.26. The molecule has 2 aromatic rings. The predicted octanol–water partition coefficient (Wildman–Crippen LogP) is 2.19. The third kappa shape index (κ3) is 3.14. The molecule has 0 aromatic carbocycles. The van der Waals surface area contributed by atoms with Gasteiger partial charge in [-0.1, -0.05) is 11.6 Å². The van der Waals surface area contributed by atoms with Gasteiger partial charge in [-0.3, -0.25) is 14.8 Å². The van der Waals surface area contributed by atoms with Crippen molar-refractivity contribution in [1.82, 2.24) is 19.7 Å². The quantitative estimate of drug-likeness (QED) is 0.935. The molecular formula is C13H16ClN5O. The van der Waals surface area contributed by atoms with Crippen molar-refractivity contribution in [3.8, 4) is 0 Å². The lowest BCUT2D eigenvalue weighted by molar-refractivity contribution is 0.503. The Morgan fingerprint density at radius 1 is 1.30 bits per heavy atom. The Kier molecular flexibility index (Phi) is 4.34. The van der Waals surface area contributed by atoms with Crippen molar-refractivity contribution < 1.29 is 0 Å². The van der Waals surface area contributed by atoms with Crippen molar-refractivity contribution >= 4 is 17.3 Å². The van der Waals surface area contributed by atoms with Gasteiger partial charge in [-0.05, 0) is 20.8 Å². The van der Waals surface area contributed by atoms with E-state index >= 15 is 0 Å². The van der Waals surface area contributed by atoms with E-state index in [1.54, 1.807) is 18.6 Å². The second-order valence-corrected chi connectivity index (χ2v) is 5.10. The monoisotopic (exact) mass is 293 g/mol. The molecule has 0 aliphatic carbocycles. The van der Waals surface area contributed by atoms with Gasteiger partial charge in [0.15, 0.2) is 0 Å². The van der Waals surface area contributed by atoms with Gasteiger partial charge >= 0.3 is 0 Å². The molecule has 0 fully saturated rings. The van der Waals surface area contributed by atoms with Crippen LogP contribution in [0, 0.1) is 6.92 Å². The number of halogens is 1. The van der Waals surface area contributed by atoms with E-state index in [2.05, 4.69) is 20.4 Å². The summed E-state index contributed by atoms with van der Waals surface area (Å²) in [6.45, 7) is 6.05. The van der Waals surface area contributed by atoms with Crippen LogP contribution in [0.3, 0.4) is 0 Å². The summed E-state index contributed by atoms with van der Waals surface area (Å²) in [5.41, 5.74) is 1.81. The Balaban J connectivity index is 2.16. The SMILES string of the molecule is Cc1cnc(CNc2cnn(C(C)C)c(=O)c2Cl)cn1. The standard InChI is InChI=1S/C13H16ClN5O/c1-8(2)19-13(20)12(14)11(7-18-19)17-6-10-5-15-9(3)4-16-10/h4-5,7-8,17H,6H2,1-3H3. The minimum Gasteiger partial charge on any atom is -0.377 e. The Hall–Kier alpha value is -1.95. The molecule has 0 bridgehead atoms. The molecule has 0 aliphatic rings. The topological polar surface area (TPSA) is 72.7 Å². The van der Waals surface area contributed by atoms with Gasteiger partial charge in [0.25, 0.3) is 5.56 Å². The highest BCUT2D eigenvalue weighted by Crippen LogP contribution is 2.17. The van der Waals surface area contributed by atoms with Crippen LogP contribution in [-0.4, -0.2) is 19.7 Å². The maximum absolute atomic E-state index is 12.0. The van der Waals surface area contributed by atoms with E-state index in [-0.39, 0.29) is 16.6 Å². The molecule has 2 aromatic heterocycles. The van der Waals surface area contributed by atoms with Gasteiger partial charge in [0.05, 0.1) is 42.1 Å². The average molecular weight is 294 g/mol. The van der Waals surface area contributed by atoms with Crippen molar-refractivity contribution in [1.29, 1.82) is 0 Å². The zero-order valence-corrected chi connectivity index (χ0v) is 12.3. The highest BCUT2D eigenvalue weighted by Gasteiger charge is 2.11. The van der Waals surface area contributed by atoms with E-state index in [9.17, 15) is 4.79 Å². The summed E-state index contributed by atoms with van der Waals surface area (Å²) in [4.78, 5) is 20.4. The predicted molar refractivity (Wildman–Crippen MR) is 78.0 cm³/mol. The summed E-state index contributed by atoms with van der Waals surface area (Å²) in [5.74, 6) is 0. The van der Waals surface area contributed by atoms with Gasteiger partial charge < -0.3 is 5.32 Å². The number of aryl methyl sites for hydroxylation is 1. The molecule has 20 heavy (non-hydrogen) atoms. The molecule has 106 valence electrons. The van der Waals surface area contributed by atoms with Crippen molar-refractivity contribution in [2.24, 2.45) is 0 Å². The first-order valence-electron chi connectivity index (χ1n) is 6.27. The maximum atomic E-state index is 12.0. The molecule has 0 amide bonds. The van der Waals surface area contributed by atoms with Crippen molar-refractivity contribution in [3.63, 3.8) is 0 Å². The number of hydrogen-bond donors (Lipinski definition) is 1. The van der Waals surface area contributed by atoms with Crippen molar-refractivity contribution in [2.75, 3.05) is 5.32 Å². The Morgan fingerprint density at radius 2 is 2.05 bits per heavy atom. The first-order valence-corrected chi connectivity index (χ1v) is 6.65. The van der Waals surface area contributed by atoms with Gasteiger partial charge in [0, 0.05) is 6.20 Å². The average Bonchev–Trinajstić information content (AvgIpc) is 2.42. The van der Waals surface area contributed by atoms with Crippen LogP contribution < -0.4 is 10.9 Å². The minimum atomic E-state index is -0.304. The minimum absolute atomic E-state index is 0.0305.